The van der Waals surface area contributed by atoms with Crippen LogP contribution in [0.4, 0.5) is 4.39 Å². The van der Waals surface area contributed by atoms with Gasteiger partial charge in [0.05, 0.1) is 0 Å². The molecule has 1 rings (SSSR count). The van der Waals surface area contributed by atoms with Gasteiger partial charge in [0.15, 0.2) is 0 Å². The first-order valence-corrected chi connectivity index (χ1v) is 3.40. The predicted octanol–water partition coefficient (Wildman–Crippen LogP) is 1.50. The lowest BCUT2D eigenvalue weighted by atomic mass is 10.3. The third kappa shape index (κ3) is 1.54. The summed E-state index contributed by atoms with van der Waals surface area (Å²) in [7, 11) is 0. The molecule has 0 unspecified atom stereocenters. The van der Waals surface area contributed by atoms with Crippen molar-refractivity contribution in [1.82, 2.24) is 0 Å². The van der Waals surface area contributed by atoms with Gasteiger partial charge in [0, 0.05) is 3.57 Å². The Morgan fingerprint density at radius 1 is 1.44 bits per heavy atom. The summed E-state index contributed by atoms with van der Waals surface area (Å²) >= 11 is 1.86. The van der Waals surface area contributed by atoms with Gasteiger partial charge in [0.2, 0.25) is 0 Å². The van der Waals surface area contributed by atoms with E-state index in [1.807, 2.05) is 22.6 Å². The summed E-state index contributed by atoms with van der Waals surface area (Å²) in [5, 5.41) is 10.6. The van der Waals surface area contributed by atoms with Crippen LogP contribution in [0.5, 0.6) is 5.75 Å². The van der Waals surface area contributed by atoms with E-state index in [9.17, 15) is 9.50 Å². The molecule has 0 bridgehead atoms. The minimum Gasteiger partial charge on any atom is -0.872 e. The van der Waals surface area contributed by atoms with Gasteiger partial charge in [-0.05, 0) is 40.8 Å². The summed E-state index contributed by atoms with van der Waals surface area (Å²) in [6, 6.07) is 3.70. The van der Waals surface area contributed by atoms with Crippen LogP contribution in [0.15, 0.2) is 18.2 Å². The van der Waals surface area contributed by atoms with Crippen LogP contribution < -0.4 is 5.11 Å². The first-order valence-electron chi connectivity index (χ1n) is 2.32. The number of rotatable bonds is 0. The molecule has 0 aliphatic rings. The smallest absolute Gasteiger partial charge is 0.122 e. The summed E-state index contributed by atoms with van der Waals surface area (Å²) in [6.07, 6.45) is 0. The third-order valence-corrected chi connectivity index (χ3v) is 1.78. The van der Waals surface area contributed by atoms with Crippen LogP contribution in [0.3, 0.4) is 0 Å². The summed E-state index contributed by atoms with van der Waals surface area (Å²) in [5.74, 6) is -0.726. The van der Waals surface area contributed by atoms with Crippen molar-refractivity contribution in [3.05, 3.63) is 27.6 Å². The van der Waals surface area contributed by atoms with Crippen molar-refractivity contribution in [3.63, 3.8) is 0 Å². The normalized spacial score (nSPS) is 9.56. The lowest BCUT2D eigenvalue weighted by Gasteiger charge is -2.05. The maximum Gasteiger partial charge on any atom is 0.122 e. The van der Waals surface area contributed by atoms with Crippen LogP contribution in [-0.2, 0) is 0 Å². The number of benzene rings is 1. The van der Waals surface area contributed by atoms with Crippen molar-refractivity contribution in [2.24, 2.45) is 0 Å². The van der Waals surface area contributed by atoms with Gasteiger partial charge >= 0.3 is 0 Å². The monoisotopic (exact) mass is 237 g/mol. The Balaban J connectivity index is 3.17. The molecule has 0 aromatic heterocycles. The van der Waals surface area contributed by atoms with Crippen molar-refractivity contribution in [3.8, 4) is 5.75 Å². The first kappa shape index (κ1) is 6.80. The van der Waals surface area contributed by atoms with Crippen LogP contribution in [0.1, 0.15) is 0 Å². The molecular formula is C6H3FIO-. The van der Waals surface area contributed by atoms with Gasteiger partial charge in [0.25, 0.3) is 0 Å². The maximum atomic E-state index is 12.1. The Morgan fingerprint density at radius 2 is 2.11 bits per heavy atom. The maximum absolute atomic E-state index is 12.1. The Labute approximate surface area is 65.7 Å². The van der Waals surface area contributed by atoms with Crippen LogP contribution in [0.2, 0.25) is 0 Å². The number of halogens is 2. The third-order valence-electron chi connectivity index (χ3n) is 0.893. The van der Waals surface area contributed by atoms with E-state index < -0.39 is 5.82 Å². The zero-order valence-electron chi connectivity index (χ0n) is 4.40. The van der Waals surface area contributed by atoms with E-state index in [1.165, 1.54) is 12.1 Å². The SMILES string of the molecule is [O-]c1cc(F)ccc1I. The van der Waals surface area contributed by atoms with E-state index in [0.717, 1.165) is 6.07 Å². The molecule has 0 heterocycles. The Bertz CT molecular complexity index is 224. The molecule has 3 heteroatoms. The van der Waals surface area contributed by atoms with Crippen LogP contribution in [0.25, 0.3) is 0 Å². The fourth-order valence-electron chi connectivity index (χ4n) is 0.477. The number of hydrogen-bond acceptors (Lipinski definition) is 1. The fraction of sp³-hybridized carbons (Fsp3) is 0. The minimum atomic E-state index is -0.472. The highest BCUT2D eigenvalue weighted by atomic mass is 127. The molecule has 1 aromatic carbocycles. The van der Waals surface area contributed by atoms with E-state index in [-0.39, 0.29) is 5.75 Å². The molecule has 0 saturated heterocycles. The Kier molecular flexibility index (Phi) is 1.90. The van der Waals surface area contributed by atoms with Crippen molar-refractivity contribution in [2.75, 3.05) is 0 Å². The highest BCUT2D eigenvalue weighted by molar-refractivity contribution is 14.1. The second-order valence-corrected chi connectivity index (χ2v) is 2.74. The average molecular weight is 237 g/mol. The standard InChI is InChI=1S/C6H4FIO/c7-4-1-2-5(8)6(9)3-4/h1-3,9H/p-1. The predicted molar refractivity (Wildman–Crippen MR) is 38.6 cm³/mol. The largest absolute Gasteiger partial charge is 0.872 e. The van der Waals surface area contributed by atoms with Crippen LogP contribution >= 0.6 is 22.6 Å². The molecule has 0 fully saturated rings. The molecule has 0 N–H and O–H groups in total. The topological polar surface area (TPSA) is 23.1 Å². The van der Waals surface area contributed by atoms with Gasteiger partial charge in [-0.1, -0.05) is 5.75 Å². The van der Waals surface area contributed by atoms with Gasteiger partial charge < -0.3 is 5.11 Å². The lowest BCUT2D eigenvalue weighted by Crippen LogP contribution is -1.92. The summed E-state index contributed by atoms with van der Waals surface area (Å²) < 4.78 is 12.7. The molecule has 48 valence electrons. The molecule has 0 atom stereocenters. The zero-order chi connectivity index (χ0) is 6.85. The molecule has 0 spiro atoms. The van der Waals surface area contributed by atoms with Gasteiger partial charge in [-0.25, -0.2) is 4.39 Å². The molecule has 1 aromatic rings. The highest BCUT2D eigenvalue weighted by Gasteiger charge is 1.89. The minimum absolute atomic E-state index is 0.254. The first-order chi connectivity index (χ1) is 4.20. The fourth-order valence-corrected chi connectivity index (χ4v) is 0.813. The zero-order valence-corrected chi connectivity index (χ0v) is 6.55. The number of hydrogen-bond donors (Lipinski definition) is 0. The van der Waals surface area contributed by atoms with E-state index >= 15 is 0 Å². The Morgan fingerprint density at radius 3 is 2.56 bits per heavy atom. The van der Waals surface area contributed by atoms with Crippen molar-refractivity contribution in [2.45, 2.75) is 0 Å². The second-order valence-electron chi connectivity index (χ2n) is 1.57. The van der Waals surface area contributed by atoms with Gasteiger partial charge in [-0.3, -0.25) is 0 Å². The molecule has 0 amide bonds. The van der Waals surface area contributed by atoms with Gasteiger partial charge in [0.1, 0.15) is 5.82 Å². The van der Waals surface area contributed by atoms with E-state index in [1.54, 1.807) is 0 Å². The molecule has 1 nitrogen and oxygen atoms in total. The molecule has 0 saturated carbocycles. The summed E-state index contributed by atoms with van der Waals surface area (Å²) in [4.78, 5) is 0. The van der Waals surface area contributed by atoms with E-state index in [2.05, 4.69) is 0 Å². The van der Waals surface area contributed by atoms with Crippen molar-refractivity contribution >= 4 is 22.6 Å². The van der Waals surface area contributed by atoms with E-state index in [0.29, 0.717) is 3.57 Å². The molecule has 0 aliphatic carbocycles. The van der Waals surface area contributed by atoms with Gasteiger partial charge in [-0.15, -0.1) is 0 Å². The molecular weight excluding hydrogens is 234 g/mol. The summed E-state index contributed by atoms with van der Waals surface area (Å²) in [5.41, 5.74) is 0. The van der Waals surface area contributed by atoms with Crippen LogP contribution in [0, 0.1) is 9.39 Å². The van der Waals surface area contributed by atoms with Gasteiger partial charge in [-0.2, -0.15) is 0 Å². The average Bonchev–Trinajstić information content (AvgIpc) is 1.80. The van der Waals surface area contributed by atoms with Crippen molar-refractivity contribution in [1.29, 1.82) is 0 Å². The van der Waals surface area contributed by atoms with Crippen molar-refractivity contribution < 1.29 is 9.50 Å². The lowest BCUT2D eigenvalue weighted by molar-refractivity contribution is -0.269. The Hall–Kier alpha value is -0.320. The quantitative estimate of drug-likeness (QED) is 0.627. The van der Waals surface area contributed by atoms with E-state index in [4.69, 9.17) is 0 Å². The second kappa shape index (κ2) is 2.51. The summed E-state index contributed by atoms with van der Waals surface area (Å²) in [6.45, 7) is 0. The highest BCUT2D eigenvalue weighted by Crippen LogP contribution is 2.16. The molecule has 0 aliphatic heterocycles. The molecule has 0 radical (unpaired) electrons. The molecule has 9 heavy (non-hydrogen) atoms. The van der Waals surface area contributed by atoms with Crippen LogP contribution in [-0.4, -0.2) is 0 Å².